The minimum absolute atomic E-state index is 0.107. The number of carboxylic acids is 1. The highest BCUT2D eigenvalue weighted by molar-refractivity contribution is 5.76. The summed E-state index contributed by atoms with van der Waals surface area (Å²) >= 11 is 0. The standard InChI is InChI=1S/C17H24N2O4/c1-11-6-14(16(21)22)10-19(9-11)17(23)18-12(2)7-13-4-3-5-15(20)8-13/h3-5,8,11-12,14,20H,6-7,9-10H2,1-2H3,(H,18,23)(H,21,22). The van der Waals surface area contributed by atoms with E-state index in [2.05, 4.69) is 5.32 Å². The first-order valence-corrected chi connectivity index (χ1v) is 7.91. The summed E-state index contributed by atoms with van der Waals surface area (Å²) < 4.78 is 0. The number of phenolic OH excluding ortho intramolecular Hbond substituents is 1. The molecule has 1 aromatic carbocycles. The topological polar surface area (TPSA) is 89.9 Å². The van der Waals surface area contributed by atoms with Crippen LogP contribution in [0.1, 0.15) is 25.8 Å². The van der Waals surface area contributed by atoms with Crippen LogP contribution in [0.15, 0.2) is 24.3 Å². The Balaban J connectivity index is 1.91. The lowest BCUT2D eigenvalue weighted by Crippen LogP contribution is -2.51. The largest absolute Gasteiger partial charge is 0.508 e. The molecule has 1 aromatic rings. The first kappa shape index (κ1) is 17.1. The molecule has 0 aromatic heterocycles. The summed E-state index contributed by atoms with van der Waals surface area (Å²) in [4.78, 5) is 25.1. The van der Waals surface area contributed by atoms with Gasteiger partial charge in [-0.3, -0.25) is 4.79 Å². The molecule has 0 radical (unpaired) electrons. The number of carbonyl (C=O) groups excluding carboxylic acids is 1. The van der Waals surface area contributed by atoms with Gasteiger partial charge >= 0.3 is 12.0 Å². The van der Waals surface area contributed by atoms with Crippen LogP contribution in [0.5, 0.6) is 5.75 Å². The number of amides is 2. The number of hydrogen-bond donors (Lipinski definition) is 3. The van der Waals surface area contributed by atoms with Gasteiger partial charge in [0.1, 0.15) is 5.75 Å². The van der Waals surface area contributed by atoms with Crippen LogP contribution in [-0.4, -0.2) is 46.2 Å². The maximum absolute atomic E-state index is 12.4. The fraction of sp³-hybridized carbons (Fsp3) is 0.529. The number of carboxylic acid groups (broad SMARTS) is 1. The molecule has 23 heavy (non-hydrogen) atoms. The molecule has 1 saturated heterocycles. The molecule has 2 amide bonds. The summed E-state index contributed by atoms with van der Waals surface area (Å²) in [6.45, 7) is 4.69. The highest BCUT2D eigenvalue weighted by Crippen LogP contribution is 2.22. The third kappa shape index (κ3) is 4.87. The van der Waals surface area contributed by atoms with Crippen molar-refractivity contribution < 1.29 is 19.8 Å². The summed E-state index contributed by atoms with van der Waals surface area (Å²) in [5.74, 6) is -0.958. The monoisotopic (exact) mass is 320 g/mol. The second-order valence-electron chi connectivity index (χ2n) is 6.51. The van der Waals surface area contributed by atoms with Gasteiger partial charge in [-0.05, 0) is 43.4 Å². The van der Waals surface area contributed by atoms with Crippen molar-refractivity contribution in [3.05, 3.63) is 29.8 Å². The molecule has 6 nitrogen and oxygen atoms in total. The van der Waals surface area contributed by atoms with E-state index in [-0.39, 0.29) is 30.3 Å². The Morgan fingerprint density at radius 3 is 2.78 bits per heavy atom. The number of piperidine rings is 1. The van der Waals surface area contributed by atoms with E-state index < -0.39 is 11.9 Å². The number of nitrogens with one attached hydrogen (secondary N) is 1. The van der Waals surface area contributed by atoms with Gasteiger partial charge in [0.2, 0.25) is 0 Å². The molecule has 1 aliphatic heterocycles. The second kappa shape index (κ2) is 7.35. The van der Waals surface area contributed by atoms with Crippen LogP contribution in [-0.2, 0) is 11.2 Å². The van der Waals surface area contributed by atoms with E-state index >= 15 is 0 Å². The predicted octanol–water partition coefficient (Wildman–Crippen LogP) is 2.08. The fourth-order valence-corrected chi connectivity index (χ4v) is 3.09. The lowest BCUT2D eigenvalue weighted by atomic mass is 9.91. The highest BCUT2D eigenvalue weighted by Gasteiger charge is 2.32. The Morgan fingerprint density at radius 2 is 2.13 bits per heavy atom. The van der Waals surface area contributed by atoms with Gasteiger partial charge in [0, 0.05) is 19.1 Å². The Labute approximate surface area is 136 Å². The first-order chi connectivity index (χ1) is 10.8. The van der Waals surface area contributed by atoms with E-state index in [0.29, 0.717) is 19.4 Å². The van der Waals surface area contributed by atoms with Crippen molar-refractivity contribution in [2.45, 2.75) is 32.7 Å². The number of hydrogen-bond acceptors (Lipinski definition) is 3. The molecule has 1 heterocycles. The molecule has 6 heteroatoms. The number of benzene rings is 1. The van der Waals surface area contributed by atoms with Gasteiger partial charge in [-0.1, -0.05) is 19.1 Å². The molecule has 0 spiro atoms. The van der Waals surface area contributed by atoms with Gasteiger partial charge in [-0.25, -0.2) is 4.79 Å². The summed E-state index contributed by atoms with van der Waals surface area (Å²) in [7, 11) is 0. The number of urea groups is 1. The van der Waals surface area contributed by atoms with Gasteiger partial charge < -0.3 is 20.4 Å². The molecule has 126 valence electrons. The summed E-state index contributed by atoms with van der Waals surface area (Å²) in [6.07, 6.45) is 1.21. The van der Waals surface area contributed by atoms with Gasteiger partial charge in [0.25, 0.3) is 0 Å². The fourth-order valence-electron chi connectivity index (χ4n) is 3.09. The van der Waals surface area contributed by atoms with Crippen LogP contribution in [0.25, 0.3) is 0 Å². The Bertz CT molecular complexity index is 575. The second-order valence-corrected chi connectivity index (χ2v) is 6.51. The predicted molar refractivity (Wildman–Crippen MR) is 86.3 cm³/mol. The molecule has 0 aliphatic carbocycles. The SMILES string of the molecule is CC1CC(C(=O)O)CN(C(=O)NC(C)Cc2cccc(O)c2)C1. The third-order valence-electron chi connectivity index (χ3n) is 4.12. The van der Waals surface area contributed by atoms with Crippen LogP contribution >= 0.6 is 0 Å². The van der Waals surface area contributed by atoms with Crippen molar-refractivity contribution in [2.75, 3.05) is 13.1 Å². The first-order valence-electron chi connectivity index (χ1n) is 7.91. The van der Waals surface area contributed by atoms with E-state index in [9.17, 15) is 19.8 Å². The van der Waals surface area contributed by atoms with Crippen molar-refractivity contribution >= 4 is 12.0 Å². The average molecular weight is 320 g/mol. The van der Waals surface area contributed by atoms with Crippen LogP contribution in [0.3, 0.4) is 0 Å². The summed E-state index contributed by atoms with van der Waals surface area (Å²) in [6, 6.07) is 6.61. The molecule has 0 bridgehead atoms. The number of likely N-dealkylation sites (tertiary alicyclic amines) is 1. The molecule has 3 N–H and O–H groups in total. The number of nitrogens with zero attached hydrogens (tertiary/aromatic N) is 1. The molecule has 1 fully saturated rings. The molecular weight excluding hydrogens is 296 g/mol. The lowest BCUT2D eigenvalue weighted by Gasteiger charge is -2.35. The lowest BCUT2D eigenvalue weighted by molar-refractivity contribution is -0.143. The Hall–Kier alpha value is -2.24. The van der Waals surface area contributed by atoms with Crippen molar-refractivity contribution in [1.82, 2.24) is 10.2 Å². The van der Waals surface area contributed by atoms with E-state index in [0.717, 1.165) is 5.56 Å². The quantitative estimate of drug-likeness (QED) is 0.792. The summed E-state index contributed by atoms with van der Waals surface area (Å²) in [5.41, 5.74) is 0.938. The van der Waals surface area contributed by atoms with Crippen LogP contribution < -0.4 is 5.32 Å². The van der Waals surface area contributed by atoms with Crippen molar-refractivity contribution in [3.8, 4) is 5.75 Å². The van der Waals surface area contributed by atoms with Crippen molar-refractivity contribution in [2.24, 2.45) is 11.8 Å². The molecule has 3 unspecified atom stereocenters. The maximum atomic E-state index is 12.4. The van der Waals surface area contributed by atoms with E-state index in [1.54, 1.807) is 23.1 Å². The van der Waals surface area contributed by atoms with E-state index in [1.807, 2.05) is 19.9 Å². The molecule has 2 rings (SSSR count). The van der Waals surface area contributed by atoms with E-state index in [4.69, 9.17) is 0 Å². The zero-order valence-electron chi connectivity index (χ0n) is 13.5. The minimum atomic E-state index is -0.845. The van der Waals surface area contributed by atoms with Crippen molar-refractivity contribution in [1.29, 1.82) is 0 Å². The van der Waals surface area contributed by atoms with Crippen LogP contribution in [0.4, 0.5) is 4.79 Å². The van der Waals surface area contributed by atoms with Gasteiger partial charge in [-0.15, -0.1) is 0 Å². The molecule has 1 aliphatic rings. The normalized spacial score (nSPS) is 22.4. The number of aliphatic carboxylic acids is 1. The van der Waals surface area contributed by atoms with Gasteiger partial charge in [0.15, 0.2) is 0 Å². The van der Waals surface area contributed by atoms with Gasteiger partial charge in [-0.2, -0.15) is 0 Å². The smallest absolute Gasteiger partial charge is 0.317 e. The Morgan fingerprint density at radius 1 is 1.39 bits per heavy atom. The third-order valence-corrected chi connectivity index (χ3v) is 4.12. The molecule has 0 saturated carbocycles. The minimum Gasteiger partial charge on any atom is -0.508 e. The van der Waals surface area contributed by atoms with Crippen LogP contribution in [0.2, 0.25) is 0 Å². The zero-order valence-corrected chi connectivity index (χ0v) is 13.5. The number of carbonyl (C=O) groups is 2. The maximum Gasteiger partial charge on any atom is 0.317 e. The van der Waals surface area contributed by atoms with Crippen molar-refractivity contribution in [3.63, 3.8) is 0 Å². The number of phenols is 1. The summed E-state index contributed by atoms with van der Waals surface area (Å²) in [5, 5.41) is 21.6. The zero-order chi connectivity index (χ0) is 17.0. The molecular formula is C17H24N2O4. The number of aromatic hydroxyl groups is 1. The van der Waals surface area contributed by atoms with E-state index in [1.165, 1.54) is 0 Å². The number of rotatable bonds is 4. The molecule has 3 atom stereocenters. The average Bonchev–Trinajstić information content (AvgIpc) is 2.46. The highest BCUT2D eigenvalue weighted by atomic mass is 16.4. The van der Waals surface area contributed by atoms with Gasteiger partial charge in [0.05, 0.1) is 5.92 Å². The Kier molecular flexibility index (Phi) is 5.47. The van der Waals surface area contributed by atoms with Crippen LogP contribution in [0, 0.1) is 11.8 Å².